The molecule has 0 unspecified atom stereocenters. The maximum Gasteiger partial charge on any atom is 0.236 e. The van der Waals surface area contributed by atoms with Crippen LogP contribution in [0.25, 0.3) is 0 Å². The number of aliphatic hydroxyl groups excluding tert-OH is 1. The fraction of sp³-hybridized carbons (Fsp3) is 0.909. The van der Waals surface area contributed by atoms with Crippen molar-refractivity contribution < 1.29 is 9.90 Å². The third kappa shape index (κ3) is 9.69. The monoisotopic (exact) mass is 218 g/mol. The molecule has 1 N–H and O–H groups in total. The van der Waals surface area contributed by atoms with E-state index >= 15 is 0 Å². The molecular formula is C11H26N2O2. The summed E-state index contributed by atoms with van der Waals surface area (Å²) in [7, 11) is 3.72. The van der Waals surface area contributed by atoms with Crippen molar-refractivity contribution in [3.63, 3.8) is 0 Å². The van der Waals surface area contributed by atoms with Crippen LogP contribution in [0, 0.1) is 0 Å². The van der Waals surface area contributed by atoms with Crippen LogP contribution >= 0.6 is 0 Å². The zero-order chi connectivity index (χ0) is 12.3. The standard InChI is InChI=1S/C9H20N2O2.C2H6/c1-4-5-11(6-7-12)9(13)8-10(2)3;1-2/h12H,4-8H2,1-3H3;1-2H3. The fourth-order valence-electron chi connectivity index (χ4n) is 1.12. The Morgan fingerprint density at radius 3 is 2.07 bits per heavy atom. The number of amides is 1. The summed E-state index contributed by atoms with van der Waals surface area (Å²) in [6.07, 6.45) is 0.930. The molecule has 0 aliphatic heterocycles. The molecule has 92 valence electrons. The molecular weight excluding hydrogens is 192 g/mol. The molecule has 0 rings (SSSR count). The Kier molecular flexibility index (Phi) is 12.8. The van der Waals surface area contributed by atoms with E-state index in [1.165, 1.54) is 0 Å². The van der Waals surface area contributed by atoms with Crippen molar-refractivity contribution in [3.8, 4) is 0 Å². The fourth-order valence-corrected chi connectivity index (χ4v) is 1.12. The van der Waals surface area contributed by atoms with Crippen LogP contribution in [0.5, 0.6) is 0 Å². The molecule has 4 nitrogen and oxygen atoms in total. The number of hydrogen-bond donors (Lipinski definition) is 1. The van der Waals surface area contributed by atoms with Gasteiger partial charge in [-0.2, -0.15) is 0 Å². The molecule has 0 aromatic carbocycles. The first kappa shape index (κ1) is 16.8. The average Bonchev–Trinajstić information content (AvgIpc) is 2.19. The first-order chi connectivity index (χ1) is 7.11. The first-order valence-corrected chi connectivity index (χ1v) is 5.65. The molecule has 0 saturated carbocycles. The van der Waals surface area contributed by atoms with Gasteiger partial charge >= 0.3 is 0 Å². The maximum absolute atomic E-state index is 11.5. The Bertz CT molecular complexity index is 144. The van der Waals surface area contributed by atoms with Gasteiger partial charge in [-0.1, -0.05) is 20.8 Å². The van der Waals surface area contributed by atoms with E-state index in [1.54, 1.807) is 4.90 Å². The van der Waals surface area contributed by atoms with Crippen molar-refractivity contribution in [1.82, 2.24) is 9.80 Å². The van der Waals surface area contributed by atoms with Crippen LogP contribution in [0.15, 0.2) is 0 Å². The third-order valence-electron chi connectivity index (χ3n) is 1.67. The van der Waals surface area contributed by atoms with Crippen LogP contribution in [0.3, 0.4) is 0 Å². The second-order valence-corrected chi connectivity index (χ2v) is 3.34. The smallest absolute Gasteiger partial charge is 0.236 e. The van der Waals surface area contributed by atoms with Gasteiger partial charge in [0.15, 0.2) is 0 Å². The van der Waals surface area contributed by atoms with Gasteiger partial charge in [-0.3, -0.25) is 4.79 Å². The number of hydrogen-bond acceptors (Lipinski definition) is 3. The van der Waals surface area contributed by atoms with Crippen LogP contribution in [0.1, 0.15) is 27.2 Å². The predicted molar refractivity (Wildman–Crippen MR) is 63.9 cm³/mol. The topological polar surface area (TPSA) is 43.8 Å². The molecule has 0 aliphatic rings. The molecule has 0 atom stereocenters. The van der Waals surface area contributed by atoms with Crippen LogP contribution in [-0.4, -0.2) is 61.2 Å². The van der Waals surface area contributed by atoms with Gasteiger partial charge in [0.25, 0.3) is 0 Å². The Morgan fingerprint density at radius 1 is 1.20 bits per heavy atom. The summed E-state index contributed by atoms with van der Waals surface area (Å²) in [6.45, 7) is 7.65. The summed E-state index contributed by atoms with van der Waals surface area (Å²) in [6, 6.07) is 0. The van der Waals surface area contributed by atoms with E-state index in [-0.39, 0.29) is 12.5 Å². The van der Waals surface area contributed by atoms with Crippen molar-refractivity contribution in [3.05, 3.63) is 0 Å². The molecule has 4 heteroatoms. The highest BCUT2D eigenvalue weighted by Gasteiger charge is 2.11. The molecule has 0 saturated heterocycles. The summed E-state index contributed by atoms with van der Waals surface area (Å²) in [5.74, 6) is 0.0842. The van der Waals surface area contributed by atoms with Gasteiger partial charge in [0, 0.05) is 13.1 Å². The van der Waals surface area contributed by atoms with E-state index in [0.29, 0.717) is 13.1 Å². The largest absolute Gasteiger partial charge is 0.395 e. The summed E-state index contributed by atoms with van der Waals surface area (Å²) in [5.41, 5.74) is 0. The van der Waals surface area contributed by atoms with Crippen LogP contribution in [-0.2, 0) is 4.79 Å². The highest BCUT2D eigenvalue weighted by molar-refractivity contribution is 5.78. The van der Waals surface area contributed by atoms with Crippen molar-refractivity contribution in [1.29, 1.82) is 0 Å². The summed E-state index contributed by atoms with van der Waals surface area (Å²) in [5, 5.41) is 8.74. The molecule has 0 fully saturated rings. The molecule has 0 bridgehead atoms. The van der Waals surface area contributed by atoms with E-state index in [4.69, 9.17) is 5.11 Å². The number of carbonyl (C=O) groups is 1. The minimum absolute atomic E-state index is 0.0408. The number of rotatable bonds is 6. The lowest BCUT2D eigenvalue weighted by Crippen LogP contribution is -2.39. The molecule has 0 aromatic heterocycles. The first-order valence-electron chi connectivity index (χ1n) is 5.65. The summed E-state index contributed by atoms with van der Waals surface area (Å²) < 4.78 is 0. The van der Waals surface area contributed by atoms with E-state index in [2.05, 4.69) is 0 Å². The zero-order valence-electron chi connectivity index (χ0n) is 10.8. The average molecular weight is 218 g/mol. The number of carbonyl (C=O) groups excluding carboxylic acids is 1. The number of nitrogens with zero attached hydrogens (tertiary/aromatic N) is 2. The van der Waals surface area contributed by atoms with Gasteiger partial charge < -0.3 is 14.9 Å². The maximum atomic E-state index is 11.5. The van der Waals surface area contributed by atoms with Gasteiger partial charge in [-0.25, -0.2) is 0 Å². The van der Waals surface area contributed by atoms with Crippen molar-refractivity contribution in [2.45, 2.75) is 27.2 Å². The van der Waals surface area contributed by atoms with Gasteiger partial charge in [0.05, 0.1) is 13.2 Å². The molecule has 1 amide bonds. The highest BCUT2D eigenvalue weighted by atomic mass is 16.3. The minimum Gasteiger partial charge on any atom is -0.395 e. The number of aliphatic hydroxyl groups is 1. The molecule has 0 spiro atoms. The molecule has 0 heterocycles. The highest BCUT2D eigenvalue weighted by Crippen LogP contribution is 1.93. The third-order valence-corrected chi connectivity index (χ3v) is 1.67. The lowest BCUT2D eigenvalue weighted by Gasteiger charge is -2.22. The van der Waals surface area contributed by atoms with E-state index in [9.17, 15) is 4.79 Å². The predicted octanol–water partition coefficient (Wildman–Crippen LogP) is 0.805. The lowest BCUT2D eigenvalue weighted by molar-refractivity contribution is -0.132. The van der Waals surface area contributed by atoms with Crippen molar-refractivity contribution >= 4 is 5.91 Å². The van der Waals surface area contributed by atoms with Crippen molar-refractivity contribution in [2.75, 3.05) is 40.3 Å². The molecule has 0 aromatic rings. The van der Waals surface area contributed by atoms with Gasteiger partial charge in [0.1, 0.15) is 0 Å². The Labute approximate surface area is 93.9 Å². The Morgan fingerprint density at radius 2 is 1.73 bits per heavy atom. The minimum atomic E-state index is 0.0408. The molecule has 0 aliphatic carbocycles. The van der Waals surface area contributed by atoms with Crippen LogP contribution in [0.4, 0.5) is 0 Å². The summed E-state index contributed by atoms with van der Waals surface area (Å²) >= 11 is 0. The SMILES string of the molecule is CC.CCCN(CCO)C(=O)CN(C)C. The van der Waals surface area contributed by atoms with E-state index in [0.717, 1.165) is 13.0 Å². The van der Waals surface area contributed by atoms with Gasteiger partial charge in [-0.15, -0.1) is 0 Å². The van der Waals surface area contributed by atoms with Gasteiger partial charge in [0.2, 0.25) is 5.91 Å². The van der Waals surface area contributed by atoms with E-state index in [1.807, 2.05) is 39.8 Å². The van der Waals surface area contributed by atoms with Crippen molar-refractivity contribution in [2.24, 2.45) is 0 Å². The van der Waals surface area contributed by atoms with Gasteiger partial charge in [-0.05, 0) is 20.5 Å². The Hall–Kier alpha value is -0.610. The zero-order valence-corrected chi connectivity index (χ0v) is 10.8. The molecule has 0 radical (unpaired) electrons. The lowest BCUT2D eigenvalue weighted by atomic mass is 10.3. The quantitative estimate of drug-likeness (QED) is 0.717. The van der Waals surface area contributed by atoms with Crippen LogP contribution < -0.4 is 0 Å². The molecule has 15 heavy (non-hydrogen) atoms. The summed E-state index contributed by atoms with van der Waals surface area (Å²) in [4.78, 5) is 15.0. The second kappa shape index (κ2) is 11.5. The normalized spacial score (nSPS) is 9.53. The van der Waals surface area contributed by atoms with E-state index < -0.39 is 0 Å². The van der Waals surface area contributed by atoms with Crippen LogP contribution in [0.2, 0.25) is 0 Å². The second-order valence-electron chi connectivity index (χ2n) is 3.34. The number of likely N-dealkylation sites (N-methyl/N-ethyl adjacent to an activating group) is 1. The Balaban J connectivity index is 0.